The van der Waals surface area contributed by atoms with E-state index in [0.717, 1.165) is 66.6 Å². The maximum atomic E-state index is 7.73. The Labute approximate surface area is 318 Å². The minimum Gasteiger partial charge on any atom is -0.333 e. The molecule has 0 unspecified atom stereocenters. The van der Waals surface area contributed by atoms with E-state index < -0.39 is 14.9 Å². The topological polar surface area (TPSA) is 30.7 Å². The number of hydrogen-bond donors (Lipinski definition) is 0. The van der Waals surface area contributed by atoms with Crippen molar-refractivity contribution in [2.75, 3.05) is 0 Å². The van der Waals surface area contributed by atoms with Crippen molar-refractivity contribution in [2.24, 2.45) is 5.92 Å². The van der Waals surface area contributed by atoms with Gasteiger partial charge in [0.2, 0.25) is 0 Å². The minimum atomic E-state index is -2.13. The Balaban J connectivity index is 0.000000199. The van der Waals surface area contributed by atoms with E-state index in [2.05, 4.69) is 109 Å². The normalized spacial score (nSPS) is 12.6. The van der Waals surface area contributed by atoms with Crippen LogP contribution in [-0.2, 0) is 26.5 Å². The molecule has 3 nitrogen and oxygen atoms in total. The molecule has 50 heavy (non-hydrogen) atoms. The molecule has 0 N–H and O–H groups in total. The minimum absolute atomic E-state index is 0. The standard InChI is InChI=1S/C26H17N2S.C18H24NSi.Ir/c1-17-13-14-20-21(16-29-25(20)15-17)26-27-22-10-4-5-11-24(22)28(26)23-12-6-8-18-7-2-3-9-19(18)23;1-14(2)11-16-12-17(15-9-7-6-8-10-15)19-13-18(16)20(3,4)5;/h2-15H,1H3;6-9,12-14H,11H2,1-5H3;/q2*-1;/i1D3;;. The molecule has 0 amide bonds. The third-order valence-corrected chi connectivity index (χ3v) is 11.6. The number of hydrogen-bond acceptors (Lipinski definition) is 3. The third-order valence-electron chi connectivity index (χ3n) is 8.72. The zero-order valence-corrected chi connectivity index (χ0v) is 33.1. The summed E-state index contributed by atoms with van der Waals surface area (Å²) in [4.78, 5) is 9.67. The van der Waals surface area contributed by atoms with E-state index in [1.54, 1.807) is 12.1 Å². The van der Waals surface area contributed by atoms with Crippen molar-refractivity contribution in [3.05, 3.63) is 144 Å². The van der Waals surface area contributed by atoms with Crippen LogP contribution >= 0.6 is 11.3 Å². The van der Waals surface area contributed by atoms with Gasteiger partial charge in [0.25, 0.3) is 0 Å². The SMILES string of the molecule is CC(C)Cc1cc(-c2[c-]cccc2)ncc1[Si](C)(C)C.[2H]C([2H])([2H])c1ccc2c(-c3nc4ccccc4n3-c3cccc4ccccc34)[c-]sc2c1.[Ir]. The zero-order valence-electron chi connectivity index (χ0n) is 31.9. The number of pyridine rings is 1. The van der Waals surface area contributed by atoms with Gasteiger partial charge in [-0.1, -0.05) is 127 Å². The number of aryl methyl sites for hydroxylation is 1. The van der Waals surface area contributed by atoms with Crippen molar-refractivity contribution >= 4 is 56.5 Å². The Morgan fingerprint density at radius 1 is 0.860 bits per heavy atom. The van der Waals surface area contributed by atoms with E-state index in [1.807, 2.05) is 54.6 Å². The van der Waals surface area contributed by atoms with Crippen LogP contribution in [0, 0.1) is 24.2 Å². The first kappa shape index (κ1) is 31.8. The van der Waals surface area contributed by atoms with Crippen molar-refractivity contribution in [1.29, 1.82) is 0 Å². The molecule has 253 valence electrons. The van der Waals surface area contributed by atoms with Crippen molar-refractivity contribution in [2.45, 2.75) is 46.8 Å². The third kappa shape index (κ3) is 7.31. The Morgan fingerprint density at radius 3 is 2.42 bits per heavy atom. The number of aromatic nitrogens is 3. The van der Waals surface area contributed by atoms with Gasteiger partial charge in [-0.25, -0.2) is 0 Å². The summed E-state index contributed by atoms with van der Waals surface area (Å²) in [5.74, 6) is 1.47. The molecule has 3 heterocycles. The van der Waals surface area contributed by atoms with Crippen LogP contribution in [-0.4, -0.2) is 22.6 Å². The number of rotatable bonds is 6. The van der Waals surface area contributed by atoms with Crippen LogP contribution < -0.4 is 5.19 Å². The summed E-state index contributed by atoms with van der Waals surface area (Å²) in [6.45, 7) is 9.60. The van der Waals surface area contributed by atoms with Gasteiger partial charge >= 0.3 is 0 Å². The number of imidazole rings is 1. The van der Waals surface area contributed by atoms with Gasteiger partial charge in [-0.05, 0) is 53.7 Å². The summed E-state index contributed by atoms with van der Waals surface area (Å²) in [6, 6.07) is 41.7. The molecule has 0 bridgehead atoms. The molecule has 0 aliphatic carbocycles. The molecule has 0 aliphatic rings. The van der Waals surface area contributed by atoms with Gasteiger partial charge in [-0.2, -0.15) is 0 Å². The molecule has 0 saturated heterocycles. The molecule has 0 fully saturated rings. The van der Waals surface area contributed by atoms with Crippen molar-refractivity contribution < 1.29 is 24.2 Å². The quantitative estimate of drug-likeness (QED) is 0.123. The second-order valence-corrected chi connectivity index (χ2v) is 19.8. The molecule has 1 radical (unpaired) electrons. The fraction of sp³-hybridized carbons (Fsp3) is 0.182. The van der Waals surface area contributed by atoms with Gasteiger partial charge in [0.1, 0.15) is 0 Å². The van der Waals surface area contributed by atoms with E-state index in [4.69, 9.17) is 9.10 Å². The maximum Gasteiger partial charge on any atom is 0.0798 e. The van der Waals surface area contributed by atoms with Crippen molar-refractivity contribution in [3.63, 3.8) is 0 Å². The summed E-state index contributed by atoms with van der Waals surface area (Å²) < 4.78 is 26.3. The first-order valence-electron chi connectivity index (χ1n) is 18.3. The molecule has 5 aromatic carbocycles. The zero-order chi connectivity index (χ0) is 36.6. The van der Waals surface area contributed by atoms with Crippen molar-refractivity contribution in [1.82, 2.24) is 14.5 Å². The second-order valence-electron chi connectivity index (χ2n) is 13.9. The van der Waals surface area contributed by atoms with E-state index in [9.17, 15) is 0 Å². The van der Waals surface area contributed by atoms with Crippen LogP contribution in [0.1, 0.15) is 29.1 Å². The van der Waals surface area contributed by atoms with Crippen LogP contribution in [0.3, 0.4) is 0 Å². The van der Waals surface area contributed by atoms with Crippen LogP contribution in [0.4, 0.5) is 0 Å². The van der Waals surface area contributed by atoms with Crippen LogP contribution in [0.2, 0.25) is 19.6 Å². The first-order valence-corrected chi connectivity index (χ1v) is 21.1. The molecule has 6 heteroatoms. The van der Waals surface area contributed by atoms with Gasteiger partial charge in [0, 0.05) is 41.5 Å². The summed E-state index contributed by atoms with van der Waals surface area (Å²) >= 11 is 1.43. The second kappa shape index (κ2) is 15.0. The largest absolute Gasteiger partial charge is 0.333 e. The molecule has 0 spiro atoms. The predicted octanol–water partition coefficient (Wildman–Crippen LogP) is 11.5. The predicted molar refractivity (Wildman–Crippen MR) is 213 cm³/mol. The number of nitrogens with zero attached hydrogens (tertiary/aromatic N) is 3. The number of fused-ring (bicyclic) bond motifs is 3. The Morgan fingerprint density at radius 2 is 1.64 bits per heavy atom. The monoisotopic (exact) mass is 867 g/mol. The van der Waals surface area contributed by atoms with E-state index >= 15 is 0 Å². The van der Waals surface area contributed by atoms with E-state index in [0.29, 0.717) is 11.5 Å². The summed E-state index contributed by atoms with van der Waals surface area (Å²) in [5.41, 5.74) is 7.80. The van der Waals surface area contributed by atoms with E-state index in [-0.39, 0.29) is 20.1 Å². The molecule has 8 rings (SSSR count). The van der Waals surface area contributed by atoms with Gasteiger partial charge in [-0.15, -0.1) is 47.3 Å². The Bertz CT molecular complexity index is 2510. The maximum absolute atomic E-state index is 7.73. The summed E-state index contributed by atoms with van der Waals surface area (Å²) in [6.07, 6.45) is 3.24. The molecule has 0 aliphatic heterocycles. The van der Waals surface area contributed by atoms with Crippen LogP contribution in [0.5, 0.6) is 0 Å². The summed E-state index contributed by atoms with van der Waals surface area (Å²) in [5, 5.41) is 8.16. The average Bonchev–Trinajstić information content (AvgIpc) is 3.72. The van der Waals surface area contributed by atoms with Gasteiger partial charge in [0.05, 0.1) is 24.9 Å². The van der Waals surface area contributed by atoms with Crippen LogP contribution in [0.25, 0.3) is 60.2 Å². The molecule has 8 aromatic rings. The fourth-order valence-electron chi connectivity index (χ4n) is 6.46. The number of benzene rings is 5. The number of para-hydroxylation sites is 2. The molecular weight excluding hydrogens is 823 g/mol. The molecule has 0 saturated carbocycles. The van der Waals surface area contributed by atoms with Gasteiger partial charge < -0.3 is 9.55 Å². The Hall–Kier alpha value is -4.19. The molecule has 0 atom stereocenters. The van der Waals surface area contributed by atoms with Gasteiger partial charge in [0.15, 0.2) is 0 Å². The van der Waals surface area contributed by atoms with Gasteiger partial charge in [-0.3, -0.25) is 16.3 Å². The Kier molecular flexibility index (Phi) is 9.51. The molecular formula is C44H41IrN3SSi-2. The average molecular weight is 867 g/mol. The smallest absolute Gasteiger partial charge is 0.0798 e. The summed E-state index contributed by atoms with van der Waals surface area (Å²) in [7, 11) is -1.34. The number of thiophene rings is 1. The first-order chi connectivity index (χ1) is 24.9. The fourth-order valence-corrected chi connectivity index (χ4v) is 8.93. The van der Waals surface area contributed by atoms with E-state index in [1.165, 1.54) is 22.1 Å². The molecule has 3 aromatic heterocycles. The van der Waals surface area contributed by atoms with Crippen LogP contribution in [0.15, 0.2) is 121 Å². The van der Waals surface area contributed by atoms with Crippen molar-refractivity contribution in [3.8, 4) is 28.3 Å².